The van der Waals surface area contributed by atoms with Crippen molar-refractivity contribution in [1.82, 2.24) is 0 Å². The fourth-order valence-corrected chi connectivity index (χ4v) is 2.35. The molecular weight excluding hydrogens is 254 g/mol. The van der Waals surface area contributed by atoms with Crippen molar-refractivity contribution in [2.75, 3.05) is 5.32 Å². The minimum absolute atomic E-state index is 0.217. The first-order valence-electron chi connectivity index (χ1n) is 6.90. The Balaban J connectivity index is 2.13. The summed E-state index contributed by atoms with van der Waals surface area (Å²) in [5, 5.41) is 12.1. The highest BCUT2D eigenvalue weighted by Crippen LogP contribution is 2.21. The molecule has 20 heavy (non-hydrogen) atoms. The molecule has 0 amide bonds. The number of aromatic carboxylic acids is 1. The number of nitrogens with one attached hydrogen (secondary N) is 1. The lowest BCUT2D eigenvalue weighted by Gasteiger charge is -2.08. The molecule has 0 aliphatic heterocycles. The van der Waals surface area contributed by atoms with Crippen LogP contribution in [0.1, 0.15) is 48.0 Å². The van der Waals surface area contributed by atoms with Gasteiger partial charge in [0.1, 0.15) is 0 Å². The van der Waals surface area contributed by atoms with Gasteiger partial charge in [0, 0.05) is 23.9 Å². The number of hydrogen-bond acceptors (Lipinski definition) is 3. The summed E-state index contributed by atoms with van der Waals surface area (Å²) in [7, 11) is 0. The fraction of sp³-hybridized carbons (Fsp3) is 0.375. The maximum Gasteiger partial charge on any atom is 0.335 e. The number of Topliss-reactive ketones (excluding diaryl/α,β-unsaturated/α-hetero) is 1. The molecule has 0 atom stereocenters. The van der Waals surface area contributed by atoms with Crippen LogP contribution < -0.4 is 5.32 Å². The van der Waals surface area contributed by atoms with Gasteiger partial charge in [0.05, 0.1) is 5.56 Å². The van der Waals surface area contributed by atoms with Crippen LogP contribution in [0, 0.1) is 6.92 Å². The van der Waals surface area contributed by atoms with Crippen LogP contribution >= 0.6 is 0 Å². The van der Waals surface area contributed by atoms with E-state index in [4.69, 9.17) is 5.11 Å². The van der Waals surface area contributed by atoms with Crippen molar-refractivity contribution in [2.24, 2.45) is 0 Å². The SMILES string of the molecule is Cc1cc(C(=O)O)ccc1N/C=C1/CCCCCC1=O. The molecule has 0 saturated heterocycles. The Bertz CT molecular complexity index is 561. The summed E-state index contributed by atoms with van der Waals surface area (Å²) in [6.45, 7) is 1.85. The van der Waals surface area contributed by atoms with Gasteiger partial charge in [0.25, 0.3) is 0 Å². The molecule has 106 valence electrons. The van der Waals surface area contributed by atoms with Gasteiger partial charge in [-0.2, -0.15) is 0 Å². The predicted octanol–water partition coefficient (Wildman–Crippen LogP) is 3.52. The van der Waals surface area contributed by atoms with Crippen LogP contribution in [0.4, 0.5) is 5.69 Å². The molecule has 1 aromatic carbocycles. The molecular formula is C16H19NO3. The summed E-state index contributed by atoms with van der Waals surface area (Å²) < 4.78 is 0. The molecule has 1 aromatic rings. The van der Waals surface area contributed by atoms with Crippen LogP contribution in [0.15, 0.2) is 30.0 Å². The first-order valence-corrected chi connectivity index (χ1v) is 6.90. The topological polar surface area (TPSA) is 66.4 Å². The summed E-state index contributed by atoms with van der Waals surface area (Å²) in [4.78, 5) is 22.8. The standard InChI is InChI=1S/C16H19NO3/c1-11-9-12(16(19)20)7-8-14(11)17-10-13-5-3-2-4-6-15(13)18/h7-10,17H,2-6H2,1H3,(H,19,20)/b13-10-. The number of ketones is 1. The quantitative estimate of drug-likeness (QED) is 0.653. The molecule has 1 aliphatic rings. The predicted molar refractivity (Wildman–Crippen MR) is 77.9 cm³/mol. The Labute approximate surface area is 118 Å². The molecule has 2 rings (SSSR count). The maximum atomic E-state index is 11.9. The Morgan fingerprint density at radius 2 is 2.00 bits per heavy atom. The molecule has 0 aromatic heterocycles. The van der Waals surface area contributed by atoms with Gasteiger partial charge in [0.15, 0.2) is 5.78 Å². The smallest absolute Gasteiger partial charge is 0.335 e. The molecule has 1 fully saturated rings. The fourth-order valence-electron chi connectivity index (χ4n) is 2.35. The molecule has 0 radical (unpaired) electrons. The molecule has 4 heteroatoms. The zero-order chi connectivity index (χ0) is 14.5. The van der Waals surface area contributed by atoms with Gasteiger partial charge < -0.3 is 10.4 Å². The van der Waals surface area contributed by atoms with E-state index in [0.717, 1.165) is 42.5 Å². The number of carboxylic acids is 1. The van der Waals surface area contributed by atoms with Crippen molar-refractivity contribution in [3.8, 4) is 0 Å². The van der Waals surface area contributed by atoms with Crippen molar-refractivity contribution in [1.29, 1.82) is 0 Å². The highest BCUT2D eigenvalue weighted by Gasteiger charge is 2.13. The summed E-state index contributed by atoms with van der Waals surface area (Å²) in [5.74, 6) is -0.716. The molecule has 1 saturated carbocycles. The zero-order valence-electron chi connectivity index (χ0n) is 11.6. The Hall–Kier alpha value is -2.10. The van der Waals surface area contributed by atoms with Gasteiger partial charge in [-0.25, -0.2) is 4.79 Å². The van der Waals surface area contributed by atoms with Crippen LogP contribution in [-0.2, 0) is 4.79 Å². The first-order chi connectivity index (χ1) is 9.58. The van der Waals surface area contributed by atoms with Gasteiger partial charge in [0.2, 0.25) is 0 Å². The molecule has 0 bridgehead atoms. The number of rotatable bonds is 3. The zero-order valence-corrected chi connectivity index (χ0v) is 11.6. The van der Waals surface area contributed by atoms with E-state index in [1.165, 1.54) is 0 Å². The van der Waals surface area contributed by atoms with E-state index >= 15 is 0 Å². The lowest BCUT2D eigenvalue weighted by molar-refractivity contribution is -0.115. The van der Waals surface area contributed by atoms with E-state index in [2.05, 4.69) is 5.32 Å². The van der Waals surface area contributed by atoms with Gasteiger partial charge in [-0.15, -0.1) is 0 Å². The van der Waals surface area contributed by atoms with Crippen molar-refractivity contribution in [2.45, 2.75) is 39.0 Å². The van der Waals surface area contributed by atoms with Crippen molar-refractivity contribution < 1.29 is 14.7 Å². The Morgan fingerprint density at radius 1 is 1.25 bits per heavy atom. The summed E-state index contributed by atoms with van der Waals surface area (Å²) in [5.41, 5.74) is 2.79. The number of aryl methyl sites for hydroxylation is 1. The van der Waals surface area contributed by atoms with Crippen LogP contribution in [-0.4, -0.2) is 16.9 Å². The molecule has 0 spiro atoms. The largest absolute Gasteiger partial charge is 0.478 e. The van der Waals surface area contributed by atoms with Crippen molar-refractivity contribution in [3.05, 3.63) is 41.1 Å². The molecule has 2 N–H and O–H groups in total. The van der Waals surface area contributed by atoms with Gasteiger partial charge in [-0.3, -0.25) is 4.79 Å². The van der Waals surface area contributed by atoms with E-state index in [0.29, 0.717) is 6.42 Å². The first kappa shape index (κ1) is 14.3. The van der Waals surface area contributed by atoms with E-state index in [-0.39, 0.29) is 11.3 Å². The van der Waals surface area contributed by atoms with E-state index in [1.54, 1.807) is 24.4 Å². The van der Waals surface area contributed by atoms with Gasteiger partial charge in [-0.1, -0.05) is 6.42 Å². The lowest BCUT2D eigenvalue weighted by atomic mass is 10.1. The minimum Gasteiger partial charge on any atom is -0.478 e. The number of benzene rings is 1. The maximum absolute atomic E-state index is 11.9. The summed E-state index contributed by atoms with van der Waals surface area (Å²) >= 11 is 0. The molecule has 1 aliphatic carbocycles. The number of anilines is 1. The van der Waals surface area contributed by atoms with E-state index in [1.807, 2.05) is 6.92 Å². The van der Waals surface area contributed by atoms with E-state index < -0.39 is 5.97 Å². The number of hydrogen-bond donors (Lipinski definition) is 2. The Kier molecular flexibility index (Phi) is 4.56. The third-order valence-electron chi connectivity index (χ3n) is 3.58. The lowest BCUT2D eigenvalue weighted by Crippen LogP contribution is -2.04. The average molecular weight is 273 g/mol. The summed E-state index contributed by atoms with van der Waals surface area (Å²) in [6.07, 6.45) is 6.35. The minimum atomic E-state index is -0.933. The molecule has 4 nitrogen and oxygen atoms in total. The highest BCUT2D eigenvalue weighted by molar-refractivity contribution is 5.95. The molecule has 0 heterocycles. The third-order valence-corrected chi connectivity index (χ3v) is 3.58. The second-order valence-electron chi connectivity index (χ2n) is 5.13. The van der Waals surface area contributed by atoms with Crippen molar-refractivity contribution >= 4 is 17.4 Å². The molecule has 0 unspecified atom stereocenters. The number of carbonyl (C=O) groups is 2. The normalized spacial score (nSPS) is 17.9. The van der Waals surface area contributed by atoms with Crippen LogP contribution in [0.25, 0.3) is 0 Å². The van der Waals surface area contributed by atoms with Crippen molar-refractivity contribution in [3.63, 3.8) is 0 Å². The Morgan fingerprint density at radius 3 is 2.70 bits per heavy atom. The average Bonchev–Trinajstić information content (AvgIpc) is 2.62. The van der Waals surface area contributed by atoms with Crippen LogP contribution in [0.5, 0.6) is 0 Å². The van der Waals surface area contributed by atoms with Gasteiger partial charge >= 0.3 is 5.97 Å². The third kappa shape index (κ3) is 3.47. The second-order valence-corrected chi connectivity index (χ2v) is 5.13. The monoisotopic (exact) mass is 273 g/mol. The second kappa shape index (κ2) is 6.37. The van der Waals surface area contributed by atoms with E-state index in [9.17, 15) is 9.59 Å². The number of carbonyl (C=O) groups excluding carboxylic acids is 1. The van der Waals surface area contributed by atoms with Gasteiger partial charge in [-0.05, 0) is 49.9 Å². The number of allylic oxidation sites excluding steroid dienone is 1. The number of carboxylic acid groups (broad SMARTS) is 1. The highest BCUT2D eigenvalue weighted by atomic mass is 16.4. The van der Waals surface area contributed by atoms with Crippen LogP contribution in [0.3, 0.4) is 0 Å². The van der Waals surface area contributed by atoms with Crippen LogP contribution in [0.2, 0.25) is 0 Å². The summed E-state index contributed by atoms with van der Waals surface area (Å²) in [6, 6.07) is 4.92.